The van der Waals surface area contributed by atoms with Gasteiger partial charge in [-0.25, -0.2) is 0 Å². The highest BCUT2D eigenvalue weighted by molar-refractivity contribution is 6.35. The molecule has 1 atom stereocenters. The average Bonchev–Trinajstić information content (AvgIpc) is 2.54. The van der Waals surface area contributed by atoms with Crippen LogP contribution in [0.1, 0.15) is 41.0 Å². The number of nitrogens with one attached hydrogen (secondary N) is 2. The lowest BCUT2D eigenvalue weighted by atomic mass is 10.1. The van der Waals surface area contributed by atoms with Crippen LogP contribution in [0.5, 0.6) is 0 Å². The summed E-state index contributed by atoms with van der Waals surface area (Å²) in [4.78, 5) is 24.8. The Bertz CT molecular complexity index is 742. The molecule has 6 heteroatoms. The quantitative estimate of drug-likeness (QED) is 0.802. The van der Waals surface area contributed by atoms with E-state index in [4.69, 9.17) is 23.2 Å². The van der Waals surface area contributed by atoms with E-state index in [9.17, 15) is 9.59 Å². The van der Waals surface area contributed by atoms with E-state index in [0.29, 0.717) is 26.9 Å². The molecule has 0 aliphatic heterocycles. The molecule has 1 unspecified atom stereocenters. The summed E-state index contributed by atoms with van der Waals surface area (Å²) in [5.74, 6) is -0.618. The zero-order chi connectivity index (χ0) is 17.7. The fourth-order valence-electron chi connectivity index (χ4n) is 2.07. The summed E-state index contributed by atoms with van der Waals surface area (Å²) < 4.78 is 0. The van der Waals surface area contributed by atoms with E-state index in [0.717, 1.165) is 6.42 Å². The second-order valence-corrected chi connectivity index (χ2v) is 6.31. The van der Waals surface area contributed by atoms with Crippen LogP contribution < -0.4 is 10.6 Å². The normalized spacial score (nSPS) is 11.7. The van der Waals surface area contributed by atoms with Crippen LogP contribution in [-0.2, 0) is 0 Å². The number of anilines is 1. The minimum absolute atomic E-state index is 0.0491. The zero-order valence-electron chi connectivity index (χ0n) is 13.4. The first kappa shape index (κ1) is 18.3. The number of hydrogen-bond acceptors (Lipinski definition) is 2. The highest BCUT2D eigenvalue weighted by atomic mass is 35.5. The van der Waals surface area contributed by atoms with Crippen molar-refractivity contribution in [3.63, 3.8) is 0 Å². The van der Waals surface area contributed by atoms with Crippen LogP contribution in [0.4, 0.5) is 5.69 Å². The zero-order valence-corrected chi connectivity index (χ0v) is 14.9. The van der Waals surface area contributed by atoms with Gasteiger partial charge in [0, 0.05) is 21.7 Å². The standard InChI is InChI=1S/C18H18Cl2N2O2/c1-3-11(2)21-18(24)15-6-4-5-7-16(15)22-17(23)12-8-13(19)10-14(20)9-12/h4-11H,3H2,1-2H3,(H,21,24)(H,22,23). The van der Waals surface area contributed by atoms with E-state index in [1.165, 1.54) is 12.1 Å². The molecule has 0 saturated heterocycles. The molecule has 2 rings (SSSR count). The maximum absolute atomic E-state index is 12.4. The minimum Gasteiger partial charge on any atom is -0.350 e. The van der Waals surface area contributed by atoms with Gasteiger partial charge in [0.2, 0.25) is 0 Å². The number of amides is 2. The van der Waals surface area contributed by atoms with Gasteiger partial charge in [-0.1, -0.05) is 42.3 Å². The Hall–Kier alpha value is -2.04. The third kappa shape index (κ3) is 4.73. The monoisotopic (exact) mass is 364 g/mol. The highest BCUT2D eigenvalue weighted by Gasteiger charge is 2.15. The van der Waals surface area contributed by atoms with Crippen molar-refractivity contribution in [3.05, 3.63) is 63.6 Å². The Morgan fingerprint density at radius 3 is 2.29 bits per heavy atom. The molecule has 0 radical (unpaired) electrons. The summed E-state index contributed by atoms with van der Waals surface area (Å²) in [6.45, 7) is 3.91. The van der Waals surface area contributed by atoms with Gasteiger partial charge in [-0.2, -0.15) is 0 Å². The summed E-state index contributed by atoms with van der Waals surface area (Å²) in [6.07, 6.45) is 0.821. The first-order valence-corrected chi connectivity index (χ1v) is 8.33. The Labute approximate surface area is 151 Å². The molecule has 0 spiro atoms. The van der Waals surface area contributed by atoms with Crippen molar-refractivity contribution in [2.75, 3.05) is 5.32 Å². The molecule has 2 aromatic carbocycles. The topological polar surface area (TPSA) is 58.2 Å². The van der Waals surface area contributed by atoms with Gasteiger partial charge in [0.15, 0.2) is 0 Å². The van der Waals surface area contributed by atoms with Crippen LogP contribution in [0.3, 0.4) is 0 Å². The van der Waals surface area contributed by atoms with Gasteiger partial charge in [0.25, 0.3) is 11.8 Å². The largest absolute Gasteiger partial charge is 0.350 e. The van der Waals surface area contributed by atoms with Crippen molar-refractivity contribution in [3.8, 4) is 0 Å². The SMILES string of the molecule is CCC(C)NC(=O)c1ccccc1NC(=O)c1cc(Cl)cc(Cl)c1. The van der Waals surface area contributed by atoms with E-state index < -0.39 is 0 Å². The molecule has 24 heavy (non-hydrogen) atoms. The maximum Gasteiger partial charge on any atom is 0.255 e. The molecule has 0 heterocycles. The molecule has 2 aromatic rings. The Kier molecular flexibility index (Phi) is 6.23. The van der Waals surface area contributed by atoms with Gasteiger partial charge >= 0.3 is 0 Å². The smallest absolute Gasteiger partial charge is 0.255 e. The van der Waals surface area contributed by atoms with Crippen molar-refractivity contribution >= 4 is 40.7 Å². The predicted octanol–water partition coefficient (Wildman–Crippen LogP) is 4.77. The Morgan fingerprint density at radius 1 is 1.04 bits per heavy atom. The van der Waals surface area contributed by atoms with Gasteiger partial charge < -0.3 is 10.6 Å². The molecule has 2 N–H and O–H groups in total. The predicted molar refractivity (Wildman–Crippen MR) is 98.1 cm³/mol. The second kappa shape index (κ2) is 8.18. The summed E-state index contributed by atoms with van der Waals surface area (Å²) in [7, 11) is 0. The van der Waals surface area contributed by atoms with Gasteiger partial charge in [-0.3, -0.25) is 9.59 Å². The van der Waals surface area contributed by atoms with E-state index in [1.54, 1.807) is 30.3 Å². The third-order valence-electron chi connectivity index (χ3n) is 3.53. The van der Waals surface area contributed by atoms with Gasteiger partial charge in [-0.15, -0.1) is 0 Å². The maximum atomic E-state index is 12.4. The number of halogens is 2. The highest BCUT2D eigenvalue weighted by Crippen LogP contribution is 2.21. The number of benzene rings is 2. The molecular weight excluding hydrogens is 347 g/mol. The van der Waals surface area contributed by atoms with Crippen molar-refractivity contribution in [2.24, 2.45) is 0 Å². The number of para-hydroxylation sites is 1. The Morgan fingerprint density at radius 2 is 1.67 bits per heavy atom. The van der Waals surface area contributed by atoms with Crippen LogP contribution in [0.2, 0.25) is 10.0 Å². The Balaban J connectivity index is 2.23. The lowest BCUT2D eigenvalue weighted by molar-refractivity contribution is 0.0940. The van der Waals surface area contributed by atoms with E-state index in [2.05, 4.69) is 10.6 Å². The summed E-state index contributed by atoms with van der Waals surface area (Å²) in [5, 5.41) is 6.36. The first-order valence-electron chi connectivity index (χ1n) is 7.58. The fourth-order valence-corrected chi connectivity index (χ4v) is 2.60. The molecule has 0 aliphatic rings. The summed E-state index contributed by atoms with van der Waals surface area (Å²) in [5.41, 5.74) is 1.16. The first-order chi connectivity index (χ1) is 11.4. The lowest BCUT2D eigenvalue weighted by Gasteiger charge is -2.14. The summed E-state index contributed by atoms with van der Waals surface area (Å²) in [6, 6.07) is 11.5. The number of carbonyl (C=O) groups is 2. The van der Waals surface area contributed by atoms with Gasteiger partial charge in [-0.05, 0) is 43.7 Å². The van der Waals surface area contributed by atoms with Crippen LogP contribution in [0.25, 0.3) is 0 Å². The van der Waals surface area contributed by atoms with Crippen LogP contribution >= 0.6 is 23.2 Å². The van der Waals surface area contributed by atoms with E-state index in [1.807, 2.05) is 13.8 Å². The lowest BCUT2D eigenvalue weighted by Crippen LogP contribution is -2.32. The van der Waals surface area contributed by atoms with Crippen LogP contribution in [-0.4, -0.2) is 17.9 Å². The van der Waals surface area contributed by atoms with Crippen LogP contribution in [0, 0.1) is 0 Å². The fraction of sp³-hybridized carbons (Fsp3) is 0.222. The van der Waals surface area contributed by atoms with Crippen molar-refractivity contribution in [2.45, 2.75) is 26.3 Å². The van der Waals surface area contributed by atoms with Crippen LogP contribution in [0.15, 0.2) is 42.5 Å². The van der Waals surface area contributed by atoms with Gasteiger partial charge in [0.1, 0.15) is 0 Å². The second-order valence-electron chi connectivity index (χ2n) is 5.44. The molecule has 2 amide bonds. The molecule has 4 nitrogen and oxygen atoms in total. The average molecular weight is 365 g/mol. The molecular formula is C18H18Cl2N2O2. The molecule has 0 saturated carbocycles. The van der Waals surface area contributed by atoms with E-state index in [-0.39, 0.29) is 17.9 Å². The van der Waals surface area contributed by atoms with Gasteiger partial charge in [0.05, 0.1) is 11.3 Å². The number of carbonyl (C=O) groups excluding carboxylic acids is 2. The van der Waals surface area contributed by atoms with Crippen molar-refractivity contribution < 1.29 is 9.59 Å². The molecule has 126 valence electrons. The summed E-state index contributed by atoms with van der Waals surface area (Å²) >= 11 is 11.8. The molecule has 0 aliphatic carbocycles. The van der Waals surface area contributed by atoms with Crippen molar-refractivity contribution in [1.82, 2.24) is 5.32 Å². The molecule has 0 aromatic heterocycles. The molecule has 0 fully saturated rings. The third-order valence-corrected chi connectivity index (χ3v) is 3.97. The van der Waals surface area contributed by atoms with E-state index >= 15 is 0 Å². The number of rotatable bonds is 5. The number of hydrogen-bond donors (Lipinski definition) is 2. The molecule has 0 bridgehead atoms. The van der Waals surface area contributed by atoms with Crippen molar-refractivity contribution in [1.29, 1.82) is 0 Å². The minimum atomic E-state index is -0.386.